The van der Waals surface area contributed by atoms with Crippen LogP contribution in [0.25, 0.3) is 11.1 Å². The van der Waals surface area contributed by atoms with E-state index in [1.807, 2.05) is 36.2 Å². The van der Waals surface area contributed by atoms with Crippen molar-refractivity contribution in [2.45, 2.75) is 19.4 Å². The highest BCUT2D eigenvalue weighted by Crippen LogP contribution is 2.27. The van der Waals surface area contributed by atoms with Gasteiger partial charge in [-0.15, -0.1) is 0 Å². The van der Waals surface area contributed by atoms with Crippen molar-refractivity contribution in [2.24, 2.45) is 5.92 Å². The lowest BCUT2D eigenvalue weighted by Crippen LogP contribution is -2.34. The number of hydrogen-bond acceptors (Lipinski definition) is 4. The topological polar surface area (TPSA) is 84.9 Å². The molecule has 30 heavy (non-hydrogen) atoms. The average molecular weight is 405 g/mol. The SMILES string of the molecule is CC1CC(CNc2ccc(-c3cn[nH]c3)cc2C=N)CN1C(=O)c1ccc(F)cc1. The van der Waals surface area contributed by atoms with Crippen LogP contribution in [-0.4, -0.2) is 46.4 Å². The molecule has 0 spiro atoms. The molecule has 3 N–H and O–H groups in total. The lowest BCUT2D eigenvalue weighted by molar-refractivity contribution is 0.0743. The fourth-order valence-corrected chi connectivity index (χ4v) is 4.02. The number of carbonyl (C=O) groups excluding carboxylic acids is 1. The first kappa shape index (κ1) is 19.8. The summed E-state index contributed by atoms with van der Waals surface area (Å²) >= 11 is 0. The molecular formula is C23H24FN5O. The molecule has 2 unspecified atom stereocenters. The molecule has 1 fully saturated rings. The molecule has 1 amide bonds. The summed E-state index contributed by atoms with van der Waals surface area (Å²) in [5.74, 6) is -0.102. The Morgan fingerprint density at radius 2 is 2.10 bits per heavy atom. The molecule has 0 aliphatic carbocycles. The number of amides is 1. The van der Waals surface area contributed by atoms with Crippen LogP contribution >= 0.6 is 0 Å². The monoisotopic (exact) mass is 405 g/mol. The number of benzene rings is 2. The van der Waals surface area contributed by atoms with Gasteiger partial charge in [-0.05, 0) is 61.2 Å². The van der Waals surface area contributed by atoms with Crippen LogP contribution in [0.5, 0.6) is 0 Å². The number of carbonyl (C=O) groups is 1. The van der Waals surface area contributed by atoms with Gasteiger partial charge in [0.05, 0.1) is 6.20 Å². The molecule has 0 saturated carbocycles. The molecular weight excluding hydrogens is 381 g/mol. The summed E-state index contributed by atoms with van der Waals surface area (Å²) in [6, 6.07) is 11.8. The first-order valence-electron chi connectivity index (χ1n) is 9.99. The van der Waals surface area contributed by atoms with Crippen molar-refractivity contribution < 1.29 is 9.18 Å². The van der Waals surface area contributed by atoms with E-state index in [1.54, 1.807) is 6.20 Å². The van der Waals surface area contributed by atoms with Crippen LogP contribution in [-0.2, 0) is 0 Å². The van der Waals surface area contributed by atoms with Gasteiger partial charge in [-0.3, -0.25) is 9.89 Å². The van der Waals surface area contributed by atoms with E-state index >= 15 is 0 Å². The highest BCUT2D eigenvalue weighted by Gasteiger charge is 2.32. The van der Waals surface area contributed by atoms with E-state index < -0.39 is 0 Å². The molecule has 0 radical (unpaired) electrons. The molecule has 0 bridgehead atoms. The maximum atomic E-state index is 13.1. The molecule has 154 valence electrons. The number of aromatic nitrogens is 2. The van der Waals surface area contributed by atoms with Crippen molar-refractivity contribution >= 4 is 17.8 Å². The summed E-state index contributed by atoms with van der Waals surface area (Å²) in [6.45, 7) is 3.41. The third-order valence-corrected chi connectivity index (χ3v) is 5.63. The number of H-pyrrole nitrogens is 1. The molecule has 2 atom stereocenters. The predicted octanol–water partition coefficient (Wildman–Crippen LogP) is 4.18. The number of anilines is 1. The van der Waals surface area contributed by atoms with Crippen LogP contribution in [0, 0.1) is 17.1 Å². The van der Waals surface area contributed by atoms with Gasteiger partial charge in [-0.25, -0.2) is 4.39 Å². The van der Waals surface area contributed by atoms with E-state index in [0.717, 1.165) is 28.8 Å². The zero-order chi connectivity index (χ0) is 21.1. The predicted molar refractivity (Wildman–Crippen MR) is 115 cm³/mol. The Hall–Kier alpha value is -3.48. The Morgan fingerprint density at radius 1 is 1.30 bits per heavy atom. The van der Waals surface area contributed by atoms with Gasteiger partial charge in [0.2, 0.25) is 0 Å². The Kier molecular flexibility index (Phi) is 5.61. The third-order valence-electron chi connectivity index (χ3n) is 5.63. The van der Waals surface area contributed by atoms with E-state index in [4.69, 9.17) is 5.41 Å². The van der Waals surface area contributed by atoms with Gasteiger partial charge in [0.15, 0.2) is 0 Å². The van der Waals surface area contributed by atoms with Crippen LogP contribution < -0.4 is 5.32 Å². The largest absolute Gasteiger partial charge is 0.384 e. The number of likely N-dealkylation sites (tertiary alicyclic amines) is 1. The minimum atomic E-state index is -0.344. The summed E-state index contributed by atoms with van der Waals surface area (Å²) in [6.07, 6.45) is 5.81. The van der Waals surface area contributed by atoms with Crippen LogP contribution in [0.2, 0.25) is 0 Å². The molecule has 2 aromatic carbocycles. The molecule has 1 aromatic heterocycles. The van der Waals surface area contributed by atoms with E-state index in [-0.39, 0.29) is 17.8 Å². The standard InChI is InChI=1S/C23H24FN5O/c1-15-8-16(14-29(15)23(30)17-2-5-21(24)6-3-17)11-26-22-7-4-18(9-19(22)10-25)20-12-27-28-13-20/h2-7,9-10,12-13,15-16,25-26H,8,11,14H2,1H3,(H,27,28). The van der Waals surface area contributed by atoms with E-state index in [2.05, 4.69) is 15.5 Å². The van der Waals surface area contributed by atoms with Gasteiger partial charge in [0, 0.05) is 53.9 Å². The van der Waals surface area contributed by atoms with Crippen molar-refractivity contribution in [1.82, 2.24) is 15.1 Å². The lowest BCUT2D eigenvalue weighted by Gasteiger charge is -2.21. The first-order chi connectivity index (χ1) is 14.5. The fourth-order valence-electron chi connectivity index (χ4n) is 4.02. The van der Waals surface area contributed by atoms with Gasteiger partial charge in [-0.1, -0.05) is 6.07 Å². The van der Waals surface area contributed by atoms with Crippen LogP contribution in [0.1, 0.15) is 29.3 Å². The van der Waals surface area contributed by atoms with Gasteiger partial charge >= 0.3 is 0 Å². The van der Waals surface area contributed by atoms with Crippen molar-refractivity contribution in [3.8, 4) is 11.1 Å². The molecule has 3 aromatic rings. The van der Waals surface area contributed by atoms with Crippen molar-refractivity contribution in [3.63, 3.8) is 0 Å². The van der Waals surface area contributed by atoms with Crippen LogP contribution in [0.3, 0.4) is 0 Å². The molecule has 1 saturated heterocycles. The van der Waals surface area contributed by atoms with Gasteiger partial charge in [0.25, 0.3) is 5.91 Å². The molecule has 6 nitrogen and oxygen atoms in total. The second-order valence-electron chi connectivity index (χ2n) is 7.73. The first-order valence-corrected chi connectivity index (χ1v) is 9.99. The Bertz CT molecular complexity index is 1030. The van der Waals surface area contributed by atoms with E-state index in [1.165, 1.54) is 30.5 Å². The molecule has 1 aliphatic heterocycles. The number of hydrogen-bond donors (Lipinski definition) is 3. The van der Waals surface area contributed by atoms with E-state index in [0.29, 0.717) is 24.6 Å². The van der Waals surface area contributed by atoms with Crippen molar-refractivity contribution in [2.75, 3.05) is 18.4 Å². The third kappa shape index (κ3) is 4.10. The minimum Gasteiger partial charge on any atom is -0.384 e. The Balaban J connectivity index is 1.40. The van der Waals surface area contributed by atoms with Crippen molar-refractivity contribution in [1.29, 1.82) is 5.41 Å². The lowest BCUT2D eigenvalue weighted by atomic mass is 10.0. The minimum absolute atomic E-state index is 0.0605. The average Bonchev–Trinajstić information content (AvgIpc) is 3.42. The second kappa shape index (κ2) is 8.49. The smallest absolute Gasteiger partial charge is 0.254 e. The van der Waals surface area contributed by atoms with Crippen LogP contribution in [0.4, 0.5) is 10.1 Å². The number of rotatable bonds is 6. The highest BCUT2D eigenvalue weighted by atomic mass is 19.1. The van der Waals surface area contributed by atoms with Crippen molar-refractivity contribution in [3.05, 3.63) is 71.8 Å². The quantitative estimate of drug-likeness (QED) is 0.538. The second-order valence-corrected chi connectivity index (χ2v) is 7.73. The Labute approximate surface area is 174 Å². The normalized spacial score (nSPS) is 18.4. The Morgan fingerprint density at radius 3 is 2.80 bits per heavy atom. The maximum Gasteiger partial charge on any atom is 0.254 e. The highest BCUT2D eigenvalue weighted by molar-refractivity contribution is 5.94. The number of nitrogens with one attached hydrogen (secondary N) is 3. The summed E-state index contributed by atoms with van der Waals surface area (Å²) in [5.41, 5.74) is 4.19. The summed E-state index contributed by atoms with van der Waals surface area (Å²) in [5, 5.41) is 18.0. The summed E-state index contributed by atoms with van der Waals surface area (Å²) in [4.78, 5) is 14.6. The molecule has 7 heteroatoms. The number of nitrogens with zero attached hydrogens (tertiary/aromatic N) is 2. The summed E-state index contributed by atoms with van der Waals surface area (Å²) in [7, 11) is 0. The zero-order valence-electron chi connectivity index (χ0n) is 16.7. The van der Waals surface area contributed by atoms with Crippen LogP contribution in [0.15, 0.2) is 54.9 Å². The number of aromatic amines is 1. The van der Waals surface area contributed by atoms with Gasteiger partial charge in [-0.2, -0.15) is 5.10 Å². The zero-order valence-corrected chi connectivity index (χ0v) is 16.7. The van der Waals surface area contributed by atoms with Gasteiger partial charge in [0.1, 0.15) is 5.82 Å². The van der Waals surface area contributed by atoms with E-state index in [9.17, 15) is 9.18 Å². The van der Waals surface area contributed by atoms with Gasteiger partial charge < -0.3 is 15.6 Å². The molecule has 2 heterocycles. The number of halogens is 1. The molecule has 1 aliphatic rings. The fraction of sp³-hybridized carbons (Fsp3) is 0.261. The molecule has 4 rings (SSSR count). The summed E-state index contributed by atoms with van der Waals surface area (Å²) < 4.78 is 13.1. The maximum absolute atomic E-state index is 13.1.